The Morgan fingerprint density at radius 2 is 1.52 bits per heavy atom. The quantitative estimate of drug-likeness (QED) is 0.792. The van der Waals surface area contributed by atoms with Gasteiger partial charge in [-0.1, -0.05) is 36.4 Å². The van der Waals surface area contributed by atoms with Gasteiger partial charge in [-0.3, -0.25) is 0 Å². The van der Waals surface area contributed by atoms with Gasteiger partial charge in [-0.2, -0.15) is 0 Å². The van der Waals surface area contributed by atoms with Crippen LogP contribution >= 0.6 is 0 Å². The summed E-state index contributed by atoms with van der Waals surface area (Å²) >= 11 is 0. The second kappa shape index (κ2) is 6.36. The van der Waals surface area contributed by atoms with Crippen LogP contribution in [0.5, 0.6) is 0 Å². The number of carbonyl (C=O) groups excluding carboxylic acids is 1. The minimum atomic E-state index is -0.144. The van der Waals surface area contributed by atoms with Crippen molar-refractivity contribution < 1.29 is 9.21 Å². The topological polar surface area (TPSA) is 58.4 Å². The third kappa shape index (κ3) is 3.40. The second-order valence-corrected chi connectivity index (χ2v) is 5.34. The van der Waals surface area contributed by atoms with Gasteiger partial charge in [-0.05, 0) is 23.3 Å². The Hall–Kier alpha value is -3.08. The molecule has 3 rings (SSSR count). The summed E-state index contributed by atoms with van der Waals surface area (Å²) in [5.41, 5.74) is 3.93. The number of oxazole rings is 1. The van der Waals surface area contributed by atoms with E-state index in [0.29, 0.717) is 0 Å². The van der Waals surface area contributed by atoms with Crippen molar-refractivity contribution in [1.82, 2.24) is 9.88 Å². The lowest BCUT2D eigenvalue weighted by molar-refractivity contribution is 0.230. The number of carbonyl (C=O) groups is 1. The summed E-state index contributed by atoms with van der Waals surface area (Å²) in [6.45, 7) is 0. The second-order valence-electron chi connectivity index (χ2n) is 5.34. The highest BCUT2D eigenvalue weighted by molar-refractivity contribution is 5.89. The lowest BCUT2D eigenvalue weighted by Gasteiger charge is -2.12. The van der Waals surface area contributed by atoms with Crippen molar-refractivity contribution in [2.45, 2.75) is 0 Å². The van der Waals surface area contributed by atoms with Gasteiger partial charge < -0.3 is 14.6 Å². The standard InChI is InChI=1S/C18H17N3O2/c1-21(2)18(22)20-16-9-7-14(8-10-16)13-3-5-15(6-4-13)17-11-19-12-23-17/h3-12H,1-2H3,(H,20,22). The van der Waals surface area contributed by atoms with Crippen molar-refractivity contribution in [1.29, 1.82) is 0 Å². The van der Waals surface area contributed by atoms with Crippen LogP contribution in [0.4, 0.5) is 10.5 Å². The average molecular weight is 307 g/mol. The fourth-order valence-electron chi connectivity index (χ4n) is 2.17. The lowest BCUT2D eigenvalue weighted by atomic mass is 10.0. The molecule has 116 valence electrons. The molecule has 1 aromatic heterocycles. The van der Waals surface area contributed by atoms with Gasteiger partial charge in [0.25, 0.3) is 0 Å². The molecular weight excluding hydrogens is 290 g/mol. The molecule has 0 unspecified atom stereocenters. The van der Waals surface area contributed by atoms with Gasteiger partial charge in [0.15, 0.2) is 12.2 Å². The molecule has 5 heteroatoms. The van der Waals surface area contributed by atoms with E-state index in [1.54, 1.807) is 20.3 Å². The molecule has 0 atom stereocenters. The first-order valence-electron chi connectivity index (χ1n) is 7.21. The summed E-state index contributed by atoms with van der Waals surface area (Å²) < 4.78 is 5.28. The largest absolute Gasteiger partial charge is 0.444 e. The number of hydrogen-bond donors (Lipinski definition) is 1. The fourth-order valence-corrected chi connectivity index (χ4v) is 2.17. The Kier molecular flexibility index (Phi) is 4.10. The normalized spacial score (nSPS) is 10.3. The summed E-state index contributed by atoms with van der Waals surface area (Å²) in [5.74, 6) is 0.748. The third-order valence-electron chi connectivity index (χ3n) is 3.48. The van der Waals surface area contributed by atoms with E-state index >= 15 is 0 Å². The van der Waals surface area contributed by atoms with Gasteiger partial charge in [-0.15, -0.1) is 0 Å². The first-order valence-corrected chi connectivity index (χ1v) is 7.21. The highest BCUT2D eigenvalue weighted by atomic mass is 16.3. The van der Waals surface area contributed by atoms with Crippen LogP contribution in [0, 0.1) is 0 Å². The number of amides is 2. The van der Waals surface area contributed by atoms with Gasteiger partial charge >= 0.3 is 6.03 Å². The van der Waals surface area contributed by atoms with Crippen LogP contribution in [0.2, 0.25) is 0 Å². The number of anilines is 1. The van der Waals surface area contributed by atoms with Crippen LogP contribution in [0.3, 0.4) is 0 Å². The number of aromatic nitrogens is 1. The highest BCUT2D eigenvalue weighted by Crippen LogP contribution is 2.25. The van der Waals surface area contributed by atoms with Crippen LogP contribution in [0.1, 0.15) is 0 Å². The Labute approximate surface area is 134 Å². The zero-order chi connectivity index (χ0) is 16.2. The zero-order valence-electron chi connectivity index (χ0n) is 13.0. The summed E-state index contributed by atoms with van der Waals surface area (Å²) in [4.78, 5) is 17.0. The number of nitrogens with zero attached hydrogens (tertiary/aromatic N) is 2. The van der Waals surface area contributed by atoms with E-state index in [2.05, 4.69) is 10.3 Å². The molecule has 0 spiro atoms. The molecule has 0 saturated heterocycles. The van der Waals surface area contributed by atoms with Crippen LogP contribution in [-0.4, -0.2) is 30.0 Å². The van der Waals surface area contributed by atoms with Gasteiger partial charge in [0.2, 0.25) is 0 Å². The SMILES string of the molecule is CN(C)C(=O)Nc1ccc(-c2ccc(-c3cnco3)cc2)cc1. The molecule has 3 aromatic rings. The maximum Gasteiger partial charge on any atom is 0.321 e. The van der Waals surface area contributed by atoms with E-state index in [1.165, 1.54) is 11.3 Å². The number of rotatable bonds is 3. The summed E-state index contributed by atoms with van der Waals surface area (Å²) in [5, 5.41) is 2.82. The number of hydrogen-bond acceptors (Lipinski definition) is 3. The van der Waals surface area contributed by atoms with E-state index in [9.17, 15) is 4.79 Å². The molecule has 0 aliphatic carbocycles. The summed E-state index contributed by atoms with van der Waals surface area (Å²) in [6, 6.07) is 15.7. The Bertz CT molecular complexity index is 776. The predicted octanol–water partition coefficient (Wildman–Crippen LogP) is 4.10. The van der Waals surface area contributed by atoms with Crippen molar-refractivity contribution >= 4 is 11.7 Å². The lowest BCUT2D eigenvalue weighted by Crippen LogP contribution is -2.27. The van der Waals surface area contributed by atoms with Gasteiger partial charge in [0.05, 0.1) is 6.20 Å². The van der Waals surface area contributed by atoms with Gasteiger partial charge in [0.1, 0.15) is 0 Å². The van der Waals surface area contributed by atoms with Crippen LogP contribution in [0.15, 0.2) is 65.5 Å². The van der Waals surface area contributed by atoms with Crippen molar-refractivity contribution in [2.75, 3.05) is 19.4 Å². The molecule has 0 bridgehead atoms. The average Bonchev–Trinajstić information content (AvgIpc) is 3.10. The molecule has 1 N–H and O–H groups in total. The number of nitrogens with one attached hydrogen (secondary N) is 1. The van der Waals surface area contributed by atoms with E-state index in [4.69, 9.17) is 4.42 Å². The molecule has 0 saturated carbocycles. The molecule has 23 heavy (non-hydrogen) atoms. The summed E-state index contributed by atoms with van der Waals surface area (Å²) in [7, 11) is 3.42. The van der Waals surface area contributed by atoms with Crippen molar-refractivity contribution in [3.63, 3.8) is 0 Å². The number of urea groups is 1. The van der Waals surface area contributed by atoms with E-state index < -0.39 is 0 Å². The monoisotopic (exact) mass is 307 g/mol. The predicted molar refractivity (Wildman–Crippen MR) is 90.1 cm³/mol. The van der Waals surface area contributed by atoms with Gasteiger partial charge in [-0.25, -0.2) is 9.78 Å². The Morgan fingerprint density at radius 1 is 0.957 bits per heavy atom. The number of benzene rings is 2. The fraction of sp³-hybridized carbons (Fsp3) is 0.111. The molecule has 0 aliphatic rings. The zero-order valence-corrected chi connectivity index (χ0v) is 13.0. The Morgan fingerprint density at radius 3 is 2.04 bits per heavy atom. The van der Waals surface area contributed by atoms with Crippen LogP contribution < -0.4 is 5.32 Å². The molecular formula is C18H17N3O2. The van der Waals surface area contributed by atoms with E-state index in [-0.39, 0.29) is 6.03 Å². The molecule has 2 amide bonds. The molecule has 5 nitrogen and oxygen atoms in total. The van der Waals surface area contributed by atoms with Crippen molar-refractivity contribution in [3.05, 3.63) is 61.1 Å². The molecule has 0 radical (unpaired) electrons. The van der Waals surface area contributed by atoms with Gasteiger partial charge in [0, 0.05) is 25.3 Å². The van der Waals surface area contributed by atoms with E-state index in [1.807, 2.05) is 48.5 Å². The molecule has 2 aromatic carbocycles. The van der Waals surface area contributed by atoms with Crippen molar-refractivity contribution in [3.8, 4) is 22.5 Å². The minimum Gasteiger partial charge on any atom is -0.444 e. The minimum absolute atomic E-state index is 0.144. The first-order chi connectivity index (χ1) is 11.1. The molecule has 1 heterocycles. The smallest absolute Gasteiger partial charge is 0.321 e. The van der Waals surface area contributed by atoms with E-state index in [0.717, 1.165) is 28.1 Å². The molecule has 0 aliphatic heterocycles. The maximum atomic E-state index is 11.6. The highest BCUT2D eigenvalue weighted by Gasteiger charge is 2.05. The first kappa shape index (κ1) is 14.8. The van der Waals surface area contributed by atoms with Crippen LogP contribution in [0.25, 0.3) is 22.5 Å². The maximum absolute atomic E-state index is 11.6. The molecule has 0 fully saturated rings. The van der Waals surface area contributed by atoms with Crippen molar-refractivity contribution in [2.24, 2.45) is 0 Å². The summed E-state index contributed by atoms with van der Waals surface area (Å²) in [6.07, 6.45) is 3.11. The Balaban J connectivity index is 1.76. The third-order valence-corrected chi connectivity index (χ3v) is 3.48. The van der Waals surface area contributed by atoms with Crippen LogP contribution in [-0.2, 0) is 0 Å².